The summed E-state index contributed by atoms with van der Waals surface area (Å²) in [6.07, 6.45) is 2.84. The predicted molar refractivity (Wildman–Crippen MR) is 112 cm³/mol. The van der Waals surface area contributed by atoms with Crippen LogP contribution in [0.1, 0.15) is 51.6 Å². The Bertz CT molecular complexity index is 664. The molecule has 1 aromatic carbocycles. The molecule has 3 atom stereocenters. The molecule has 2 saturated heterocycles. The van der Waals surface area contributed by atoms with E-state index in [0.717, 1.165) is 38.0 Å². The van der Waals surface area contributed by atoms with Gasteiger partial charge < -0.3 is 0 Å². The van der Waals surface area contributed by atoms with Gasteiger partial charge >= 0.3 is 169 Å². The molecule has 0 saturated carbocycles. The second-order valence-electron chi connectivity index (χ2n) is 10.2. The topological polar surface area (TPSA) is 38.8 Å². The fraction of sp³-hybridized carbons (Fsp3) is 0.682. The molecule has 2 fully saturated rings. The quantitative estimate of drug-likeness (QED) is 0.516. The average molecular weight is 480 g/mol. The van der Waals surface area contributed by atoms with Crippen LogP contribution in [0.5, 0.6) is 0 Å². The van der Waals surface area contributed by atoms with Gasteiger partial charge in [0, 0.05) is 0 Å². The minimum atomic E-state index is -2.08. The van der Waals surface area contributed by atoms with Gasteiger partial charge in [-0.15, -0.1) is 0 Å². The number of hydrogen-bond acceptors (Lipinski definition) is 3. The summed E-state index contributed by atoms with van der Waals surface area (Å²) in [5, 5.41) is 0. The SMILES string of the molecule is CC(C)(C)OC(=O)N1CCC[C@@]2(C[C@H]([Sn]([CH3])([CH3])[CH3])CO2)[C@@H]1c1ccccc1. The number of likely N-dealkylation sites (tertiary alicyclic amines) is 1. The molecule has 2 heterocycles. The summed E-state index contributed by atoms with van der Waals surface area (Å²) in [7, 11) is 0. The molecular formula is C22H35NO3Sn. The van der Waals surface area contributed by atoms with Crippen LogP contribution in [-0.4, -0.2) is 53.7 Å². The second-order valence-corrected chi connectivity index (χ2v) is 26.1. The van der Waals surface area contributed by atoms with Crippen LogP contribution in [-0.2, 0) is 9.47 Å². The van der Waals surface area contributed by atoms with Crippen LogP contribution in [0, 0.1) is 0 Å². The van der Waals surface area contributed by atoms with Crippen molar-refractivity contribution < 1.29 is 14.3 Å². The van der Waals surface area contributed by atoms with Crippen LogP contribution in [0.2, 0.25) is 18.8 Å². The van der Waals surface area contributed by atoms with Crippen molar-refractivity contribution >= 4 is 24.5 Å². The maximum absolute atomic E-state index is 13.1. The van der Waals surface area contributed by atoms with Gasteiger partial charge in [0.2, 0.25) is 0 Å². The van der Waals surface area contributed by atoms with E-state index in [4.69, 9.17) is 9.47 Å². The normalized spacial score (nSPS) is 29.2. The van der Waals surface area contributed by atoms with Crippen LogP contribution in [0.25, 0.3) is 0 Å². The van der Waals surface area contributed by atoms with Crippen LogP contribution in [0.15, 0.2) is 30.3 Å². The van der Waals surface area contributed by atoms with Crippen molar-refractivity contribution in [3.8, 4) is 0 Å². The fourth-order valence-electron chi connectivity index (χ4n) is 4.46. The van der Waals surface area contributed by atoms with Crippen molar-refractivity contribution in [3.05, 3.63) is 35.9 Å². The first-order valence-corrected chi connectivity index (χ1v) is 20.4. The molecule has 0 aromatic heterocycles. The Hall–Kier alpha value is -0.751. The molecule has 1 amide bonds. The Morgan fingerprint density at radius 3 is 2.44 bits per heavy atom. The molecule has 27 heavy (non-hydrogen) atoms. The number of hydrogen-bond donors (Lipinski definition) is 0. The summed E-state index contributed by atoms with van der Waals surface area (Å²) >= 11 is -2.08. The van der Waals surface area contributed by atoms with Crippen LogP contribution >= 0.6 is 0 Å². The monoisotopic (exact) mass is 481 g/mol. The van der Waals surface area contributed by atoms with Gasteiger partial charge in [0.1, 0.15) is 0 Å². The molecular weight excluding hydrogens is 445 g/mol. The molecule has 0 bridgehead atoms. The summed E-state index contributed by atoms with van der Waals surface area (Å²) in [4.78, 5) is 22.5. The molecule has 0 N–H and O–H groups in total. The number of benzene rings is 1. The summed E-state index contributed by atoms with van der Waals surface area (Å²) in [6.45, 7) is 7.36. The Morgan fingerprint density at radius 1 is 1.22 bits per heavy atom. The Balaban J connectivity index is 1.97. The Morgan fingerprint density at radius 2 is 1.89 bits per heavy atom. The zero-order valence-electron chi connectivity index (χ0n) is 17.7. The first-order chi connectivity index (χ1) is 12.5. The minimum absolute atomic E-state index is 0.0686. The van der Waals surface area contributed by atoms with E-state index in [9.17, 15) is 4.79 Å². The molecule has 5 heteroatoms. The molecule has 1 aromatic rings. The van der Waals surface area contributed by atoms with E-state index in [2.05, 4.69) is 39.1 Å². The molecule has 1 spiro atoms. The van der Waals surface area contributed by atoms with Crippen molar-refractivity contribution in [2.24, 2.45) is 0 Å². The van der Waals surface area contributed by atoms with Gasteiger partial charge in [-0.1, -0.05) is 0 Å². The molecule has 0 aliphatic carbocycles. The van der Waals surface area contributed by atoms with E-state index >= 15 is 0 Å². The summed E-state index contributed by atoms with van der Waals surface area (Å²) < 4.78 is 13.1. The van der Waals surface area contributed by atoms with Gasteiger partial charge in [0.25, 0.3) is 0 Å². The number of carbonyl (C=O) groups excluding carboxylic acids is 1. The first kappa shape index (κ1) is 21.0. The van der Waals surface area contributed by atoms with E-state index in [1.807, 2.05) is 31.7 Å². The van der Waals surface area contributed by atoms with Gasteiger partial charge in [0.05, 0.1) is 0 Å². The third-order valence-corrected chi connectivity index (χ3v) is 14.0. The number of piperidine rings is 1. The van der Waals surface area contributed by atoms with Crippen molar-refractivity contribution in [1.29, 1.82) is 0 Å². The number of rotatable bonds is 2. The zero-order valence-corrected chi connectivity index (χ0v) is 20.6. The first-order valence-electron chi connectivity index (χ1n) is 10.2. The summed E-state index contributed by atoms with van der Waals surface area (Å²) in [6, 6.07) is 10.3. The van der Waals surface area contributed by atoms with E-state index < -0.39 is 24.0 Å². The Kier molecular flexibility index (Phi) is 5.89. The Labute approximate surface area is 168 Å². The van der Waals surface area contributed by atoms with Crippen LogP contribution in [0.4, 0.5) is 4.79 Å². The van der Waals surface area contributed by atoms with Crippen molar-refractivity contribution in [1.82, 2.24) is 4.90 Å². The van der Waals surface area contributed by atoms with E-state index in [1.54, 1.807) is 0 Å². The van der Waals surface area contributed by atoms with Crippen molar-refractivity contribution in [3.63, 3.8) is 0 Å². The predicted octanol–water partition coefficient (Wildman–Crippen LogP) is 5.63. The number of amides is 1. The third-order valence-electron chi connectivity index (χ3n) is 5.94. The van der Waals surface area contributed by atoms with Gasteiger partial charge in [-0.3, -0.25) is 0 Å². The van der Waals surface area contributed by atoms with E-state index in [1.165, 1.54) is 0 Å². The van der Waals surface area contributed by atoms with Gasteiger partial charge in [-0.05, 0) is 0 Å². The molecule has 0 radical (unpaired) electrons. The zero-order chi connectivity index (χ0) is 19.9. The fourth-order valence-corrected chi connectivity index (χ4v) is 8.86. The summed E-state index contributed by atoms with van der Waals surface area (Å²) in [5.41, 5.74) is 0.391. The van der Waals surface area contributed by atoms with Gasteiger partial charge in [-0.2, -0.15) is 0 Å². The van der Waals surface area contributed by atoms with Gasteiger partial charge in [-0.25, -0.2) is 0 Å². The molecule has 2 aliphatic rings. The average Bonchev–Trinajstić information content (AvgIpc) is 2.98. The maximum atomic E-state index is 13.1. The molecule has 3 rings (SSSR count). The molecule has 4 nitrogen and oxygen atoms in total. The van der Waals surface area contributed by atoms with Gasteiger partial charge in [0.15, 0.2) is 0 Å². The van der Waals surface area contributed by atoms with E-state index in [-0.39, 0.29) is 17.7 Å². The number of carbonyl (C=O) groups is 1. The number of nitrogens with zero attached hydrogens (tertiary/aromatic N) is 1. The summed E-state index contributed by atoms with van der Waals surface area (Å²) in [5.74, 6) is 0. The van der Waals surface area contributed by atoms with Crippen LogP contribution in [0.3, 0.4) is 0 Å². The van der Waals surface area contributed by atoms with Crippen LogP contribution < -0.4 is 0 Å². The van der Waals surface area contributed by atoms with E-state index in [0.29, 0.717) is 3.93 Å². The van der Waals surface area contributed by atoms with Crippen molar-refractivity contribution in [2.75, 3.05) is 13.2 Å². The standard InChI is InChI=1S/C19H26NO3.3CH3.Sn/c1-18(2,3)23-17(21)20-13-7-11-19(12-8-14-22-19)16(20)15-9-5-4-6-10-15;;;;/h4-6,8-10,16H,7,11-14H2,1-3H3;3*1H3;/t16-,19+;;;;/m0..../s1. The second kappa shape index (κ2) is 7.58. The molecule has 150 valence electrons. The molecule has 0 unspecified atom stereocenters. The third kappa shape index (κ3) is 4.64. The number of ether oxygens (including phenoxy) is 2. The molecule has 2 aliphatic heterocycles. The van der Waals surface area contributed by atoms with Crippen molar-refractivity contribution in [2.45, 2.75) is 76.0 Å².